The lowest BCUT2D eigenvalue weighted by Crippen LogP contribution is -2.35. The van der Waals surface area contributed by atoms with Crippen LogP contribution in [0.4, 0.5) is 0 Å². The summed E-state index contributed by atoms with van der Waals surface area (Å²) in [6.07, 6.45) is 6.85. The number of unbranched alkanes of at least 4 members (excludes halogenated alkanes) is 1. The van der Waals surface area contributed by atoms with Crippen LogP contribution >= 0.6 is 0 Å². The molecule has 4 nitrogen and oxygen atoms in total. The van der Waals surface area contributed by atoms with Gasteiger partial charge in [0.1, 0.15) is 0 Å². The van der Waals surface area contributed by atoms with Gasteiger partial charge in [0.25, 0.3) is 0 Å². The molecule has 0 saturated carbocycles. The highest BCUT2D eigenvalue weighted by Gasteiger charge is 2.28. The number of likely N-dealkylation sites (tertiary alicyclic amines) is 2. The number of nitrogens with one attached hydrogen (secondary N) is 1. The zero-order chi connectivity index (χ0) is 13.3. The highest BCUT2D eigenvalue weighted by atomic mass is 16.5. The fourth-order valence-corrected chi connectivity index (χ4v) is 3.30. The number of methoxy groups -OCH3 is 1. The Morgan fingerprint density at radius 3 is 2.74 bits per heavy atom. The summed E-state index contributed by atoms with van der Waals surface area (Å²) in [4.78, 5) is 5.38. The molecule has 2 saturated heterocycles. The molecule has 4 heteroatoms. The quantitative estimate of drug-likeness (QED) is 0.636. The van der Waals surface area contributed by atoms with Crippen molar-refractivity contribution in [1.82, 2.24) is 15.1 Å². The summed E-state index contributed by atoms with van der Waals surface area (Å²) < 4.78 is 5.01. The molecule has 2 heterocycles. The lowest BCUT2D eigenvalue weighted by molar-refractivity contribution is 0.199. The first-order chi connectivity index (χ1) is 9.40. The Morgan fingerprint density at radius 2 is 1.95 bits per heavy atom. The standard InChI is InChI=1S/C15H31N3O/c1-19-13-8-16-7-2-3-9-17-12-6-15(14-17)18-10-4-5-11-18/h15-16H,2-14H2,1H3. The lowest BCUT2D eigenvalue weighted by atomic mass is 10.2. The predicted molar refractivity (Wildman–Crippen MR) is 79.6 cm³/mol. The molecule has 19 heavy (non-hydrogen) atoms. The first-order valence-corrected chi connectivity index (χ1v) is 8.06. The molecule has 0 aromatic carbocycles. The summed E-state index contributed by atoms with van der Waals surface area (Å²) in [7, 11) is 1.76. The number of hydrogen-bond acceptors (Lipinski definition) is 4. The Morgan fingerprint density at radius 1 is 1.11 bits per heavy atom. The smallest absolute Gasteiger partial charge is 0.0587 e. The van der Waals surface area contributed by atoms with E-state index in [1.54, 1.807) is 7.11 Å². The molecule has 1 N–H and O–H groups in total. The molecule has 0 bridgehead atoms. The normalized spacial score (nSPS) is 25.4. The summed E-state index contributed by atoms with van der Waals surface area (Å²) in [5.41, 5.74) is 0. The van der Waals surface area contributed by atoms with Crippen molar-refractivity contribution >= 4 is 0 Å². The molecule has 0 spiro atoms. The monoisotopic (exact) mass is 269 g/mol. The van der Waals surface area contributed by atoms with Crippen molar-refractivity contribution in [2.45, 2.75) is 38.1 Å². The Bertz CT molecular complexity index is 231. The van der Waals surface area contributed by atoms with Crippen LogP contribution in [-0.2, 0) is 4.74 Å². The Kier molecular flexibility index (Phi) is 7.14. The van der Waals surface area contributed by atoms with Crippen LogP contribution in [0.5, 0.6) is 0 Å². The van der Waals surface area contributed by atoms with E-state index in [9.17, 15) is 0 Å². The summed E-state index contributed by atoms with van der Waals surface area (Å²) >= 11 is 0. The molecule has 1 unspecified atom stereocenters. The van der Waals surface area contributed by atoms with E-state index in [1.807, 2.05) is 0 Å². The fraction of sp³-hybridized carbons (Fsp3) is 1.00. The second-order valence-corrected chi connectivity index (χ2v) is 5.94. The van der Waals surface area contributed by atoms with E-state index in [-0.39, 0.29) is 0 Å². The number of hydrogen-bond donors (Lipinski definition) is 1. The van der Waals surface area contributed by atoms with Crippen molar-refractivity contribution in [2.24, 2.45) is 0 Å². The molecule has 2 aliphatic heterocycles. The molecule has 2 rings (SSSR count). The maximum absolute atomic E-state index is 5.01. The van der Waals surface area contributed by atoms with Crippen LogP contribution in [0.25, 0.3) is 0 Å². The van der Waals surface area contributed by atoms with E-state index >= 15 is 0 Å². The van der Waals surface area contributed by atoms with Crippen molar-refractivity contribution < 1.29 is 4.74 Å². The van der Waals surface area contributed by atoms with Gasteiger partial charge in [0.2, 0.25) is 0 Å². The van der Waals surface area contributed by atoms with E-state index in [1.165, 1.54) is 64.8 Å². The van der Waals surface area contributed by atoms with E-state index in [4.69, 9.17) is 4.74 Å². The van der Waals surface area contributed by atoms with Crippen molar-refractivity contribution in [3.63, 3.8) is 0 Å². The maximum atomic E-state index is 5.01. The zero-order valence-corrected chi connectivity index (χ0v) is 12.6. The minimum absolute atomic E-state index is 0.823. The first-order valence-electron chi connectivity index (χ1n) is 8.06. The van der Waals surface area contributed by atoms with Gasteiger partial charge >= 0.3 is 0 Å². The molecule has 112 valence electrons. The van der Waals surface area contributed by atoms with Gasteiger partial charge in [0.05, 0.1) is 6.61 Å². The van der Waals surface area contributed by atoms with E-state index in [0.717, 1.165) is 25.7 Å². The van der Waals surface area contributed by atoms with E-state index in [2.05, 4.69) is 15.1 Å². The van der Waals surface area contributed by atoms with Gasteiger partial charge in [-0.1, -0.05) is 0 Å². The number of rotatable bonds is 9. The summed E-state index contributed by atoms with van der Waals surface area (Å²) in [5, 5.41) is 3.41. The fourth-order valence-electron chi connectivity index (χ4n) is 3.30. The molecule has 2 fully saturated rings. The van der Waals surface area contributed by atoms with Crippen LogP contribution in [0.3, 0.4) is 0 Å². The second kappa shape index (κ2) is 8.90. The van der Waals surface area contributed by atoms with Crippen molar-refractivity contribution in [1.29, 1.82) is 0 Å². The second-order valence-electron chi connectivity index (χ2n) is 5.94. The number of nitrogens with zero attached hydrogens (tertiary/aromatic N) is 2. The van der Waals surface area contributed by atoms with Gasteiger partial charge in [-0.3, -0.25) is 4.90 Å². The molecule has 0 amide bonds. The molecule has 1 atom stereocenters. The topological polar surface area (TPSA) is 27.7 Å². The van der Waals surface area contributed by atoms with Crippen LogP contribution in [0.1, 0.15) is 32.1 Å². The third-order valence-electron chi connectivity index (χ3n) is 4.47. The average Bonchev–Trinajstić information content (AvgIpc) is 3.08. The minimum Gasteiger partial charge on any atom is -0.383 e. The number of ether oxygens (including phenoxy) is 1. The van der Waals surface area contributed by atoms with Gasteiger partial charge in [-0.25, -0.2) is 0 Å². The Hall–Kier alpha value is -0.160. The summed E-state index contributed by atoms with van der Waals surface area (Å²) in [6.45, 7) is 9.56. The summed E-state index contributed by atoms with van der Waals surface area (Å²) in [6, 6.07) is 0.863. The van der Waals surface area contributed by atoms with E-state index in [0.29, 0.717) is 0 Å². The molecule has 2 aliphatic rings. The SMILES string of the molecule is COCCNCCCCN1CCC(N2CCCC2)C1. The first kappa shape index (κ1) is 15.2. The van der Waals surface area contributed by atoms with Gasteiger partial charge in [-0.15, -0.1) is 0 Å². The van der Waals surface area contributed by atoms with Crippen molar-refractivity contribution in [3.05, 3.63) is 0 Å². The Labute approximate surface area is 118 Å². The lowest BCUT2D eigenvalue weighted by Gasteiger charge is -2.23. The van der Waals surface area contributed by atoms with Crippen LogP contribution in [0.2, 0.25) is 0 Å². The average molecular weight is 269 g/mol. The van der Waals surface area contributed by atoms with Crippen LogP contribution in [0, 0.1) is 0 Å². The van der Waals surface area contributed by atoms with Gasteiger partial charge in [0.15, 0.2) is 0 Å². The highest BCUT2D eigenvalue weighted by Crippen LogP contribution is 2.20. The maximum Gasteiger partial charge on any atom is 0.0587 e. The third kappa shape index (κ3) is 5.38. The molecular formula is C15H31N3O. The molecule has 0 aliphatic carbocycles. The van der Waals surface area contributed by atoms with Crippen LogP contribution < -0.4 is 5.32 Å². The van der Waals surface area contributed by atoms with Gasteiger partial charge in [-0.05, 0) is 64.8 Å². The molecule has 0 aromatic rings. The third-order valence-corrected chi connectivity index (χ3v) is 4.47. The molecular weight excluding hydrogens is 238 g/mol. The van der Waals surface area contributed by atoms with Gasteiger partial charge < -0.3 is 15.0 Å². The predicted octanol–water partition coefficient (Wildman–Crippen LogP) is 1.17. The van der Waals surface area contributed by atoms with Crippen molar-refractivity contribution in [3.8, 4) is 0 Å². The minimum atomic E-state index is 0.823. The zero-order valence-electron chi connectivity index (χ0n) is 12.6. The summed E-state index contributed by atoms with van der Waals surface area (Å²) in [5.74, 6) is 0. The van der Waals surface area contributed by atoms with Gasteiger partial charge in [0, 0.05) is 26.2 Å². The van der Waals surface area contributed by atoms with Crippen molar-refractivity contribution in [2.75, 3.05) is 59.5 Å². The largest absolute Gasteiger partial charge is 0.383 e. The van der Waals surface area contributed by atoms with Crippen LogP contribution in [0.15, 0.2) is 0 Å². The molecule has 0 radical (unpaired) electrons. The highest BCUT2D eigenvalue weighted by molar-refractivity contribution is 4.85. The van der Waals surface area contributed by atoms with Crippen LogP contribution in [-0.4, -0.2) is 75.4 Å². The Balaban J connectivity index is 1.46. The molecule has 0 aromatic heterocycles. The van der Waals surface area contributed by atoms with Gasteiger partial charge in [-0.2, -0.15) is 0 Å². The van der Waals surface area contributed by atoms with E-state index < -0.39 is 0 Å².